The lowest BCUT2D eigenvalue weighted by Crippen LogP contribution is -2.10. The monoisotopic (exact) mass is 249 g/mol. The first-order valence-electron chi connectivity index (χ1n) is 5.20. The molecule has 8 nitrogen and oxygen atoms in total. The van der Waals surface area contributed by atoms with Gasteiger partial charge in [0.25, 0.3) is 0 Å². The van der Waals surface area contributed by atoms with Gasteiger partial charge in [-0.3, -0.25) is 10.1 Å². The Bertz CT molecular complexity index is 540. The average Bonchev–Trinajstić information content (AvgIpc) is 2.82. The van der Waals surface area contributed by atoms with Crippen molar-refractivity contribution < 1.29 is 9.34 Å². The topological polar surface area (TPSA) is 120 Å². The molecule has 2 aromatic rings. The van der Waals surface area contributed by atoms with Crippen LogP contribution in [0.1, 0.15) is 5.76 Å². The molecule has 8 heteroatoms. The van der Waals surface area contributed by atoms with E-state index in [1.807, 2.05) is 6.07 Å². The van der Waals surface area contributed by atoms with E-state index in [0.29, 0.717) is 13.0 Å². The van der Waals surface area contributed by atoms with Crippen LogP contribution in [0.4, 0.5) is 17.5 Å². The molecule has 0 amide bonds. The number of nitrogens with zero attached hydrogens (tertiary/aromatic N) is 3. The summed E-state index contributed by atoms with van der Waals surface area (Å²) in [6.45, 7) is 0.449. The fraction of sp³-hybridized carbons (Fsp3) is 0.200. The van der Waals surface area contributed by atoms with E-state index in [9.17, 15) is 10.1 Å². The molecule has 0 spiro atoms. The first-order valence-corrected chi connectivity index (χ1v) is 5.20. The standard InChI is InChI=1S/C10H11N5O3/c11-10-13-6-8(15(16)17)9(14-10)12-4-3-7-2-1-5-18-7/h1-2,5-6H,3-4H2,(H3,11,12,13,14). The van der Waals surface area contributed by atoms with Gasteiger partial charge in [0, 0.05) is 13.0 Å². The minimum Gasteiger partial charge on any atom is -0.469 e. The minimum absolute atomic E-state index is 0.0129. The van der Waals surface area contributed by atoms with Crippen molar-refractivity contribution in [3.05, 3.63) is 40.5 Å². The number of furan rings is 1. The molecule has 2 aromatic heterocycles. The number of hydrogen-bond acceptors (Lipinski definition) is 7. The number of nitro groups is 1. The Balaban J connectivity index is 2.03. The summed E-state index contributed by atoms with van der Waals surface area (Å²) in [5.74, 6) is 0.882. The van der Waals surface area contributed by atoms with Crippen LogP contribution in [0.5, 0.6) is 0 Å². The van der Waals surface area contributed by atoms with E-state index in [2.05, 4.69) is 15.3 Å². The van der Waals surface area contributed by atoms with Gasteiger partial charge in [-0.25, -0.2) is 4.98 Å². The molecule has 2 heterocycles. The summed E-state index contributed by atoms with van der Waals surface area (Å²) in [5.41, 5.74) is 5.19. The Hall–Kier alpha value is -2.64. The van der Waals surface area contributed by atoms with Gasteiger partial charge in [-0.1, -0.05) is 0 Å². The van der Waals surface area contributed by atoms with Crippen molar-refractivity contribution in [3.63, 3.8) is 0 Å². The molecule has 3 N–H and O–H groups in total. The third-order valence-corrected chi connectivity index (χ3v) is 2.23. The van der Waals surface area contributed by atoms with E-state index >= 15 is 0 Å². The number of anilines is 2. The molecule has 18 heavy (non-hydrogen) atoms. The zero-order valence-corrected chi connectivity index (χ0v) is 9.37. The van der Waals surface area contributed by atoms with Gasteiger partial charge in [0.1, 0.15) is 12.0 Å². The van der Waals surface area contributed by atoms with Crippen molar-refractivity contribution in [2.24, 2.45) is 0 Å². The molecule has 0 aliphatic heterocycles. The summed E-state index contributed by atoms with van der Waals surface area (Å²) < 4.78 is 5.14. The fourth-order valence-electron chi connectivity index (χ4n) is 1.41. The summed E-state index contributed by atoms with van der Waals surface area (Å²) >= 11 is 0. The Morgan fingerprint density at radius 1 is 1.56 bits per heavy atom. The molecule has 0 radical (unpaired) electrons. The van der Waals surface area contributed by atoms with Crippen molar-refractivity contribution in [3.8, 4) is 0 Å². The molecule has 0 aliphatic carbocycles. The summed E-state index contributed by atoms with van der Waals surface area (Å²) in [7, 11) is 0. The van der Waals surface area contributed by atoms with Crippen LogP contribution in [0.25, 0.3) is 0 Å². The van der Waals surface area contributed by atoms with Crippen LogP contribution in [-0.4, -0.2) is 21.4 Å². The molecular formula is C10H11N5O3. The molecule has 94 valence electrons. The van der Waals surface area contributed by atoms with Crippen LogP contribution in [0, 0.1) is 10.1 Å². The van der Waals surface area contributed by atoms with Gasteiger partial charge in [0.05, 0.1) is 11.2 Å². The van der Waals surface area contributed by atoms with Crippen LogP contribution >= 0.6 is 0 Å². The highest BCUT2D eigenvalue weighted by Gasteiger charge is 2.16. The maximum Gasteiger partial charge on any atom is 0.329 e. The van der Waals surface area contributed by atoms with E-state index in [1.165, 1.54) is 0 Å². The minimum atomic E-state index is -0.561. The Kier molecular flexibility index (Phi) is 3.37. The molecule has 0 atom stereocenters. The summed E-state index contributed by atoms with van der Waals surface area (Å²) in [4.78, 5) is 17.6. The summed E-state index contributed by atoms with van der Waals surface area (Å²) in [6, 6.07) is 3.60. The lowest BCUT2D eigenvalue weighted by Gasteiger charge is -2.05. The molecule has 0 saturated heterocycles. The van der Waals surface area contributed by atoms with Gasteiger partial charge in [-0.05, 0) is 12.1 Å². The zero-order chi connectivity index (χ0) is 13.0. The van der Waals surface area contributed by atoms with Crippen molar-refractivity contribution in [1.82, 2.24) is 9.97 Å². The Labute approximate surface area is 102 Å². The third kappa shape index (κ3) is 2.73. The van der Waals surface area contributed by atoms with Gasteiger partial charge in [-0.15, -0.1) is 0 Å². The molecule has 0 fully saturated rings. The van der Waals surface area contributed by atoms with Crippen LogP contribution in [0.15, 0.2) is 29.0 Å². The van der Waals surface area contributed by atoms with Gasteiger partial charge < -0.3 is 15.5 Å². The largest absolute Gasteiger partial charge is 0.469 e. The number of nitrogens with one attached hydrogen (secondary N) is 1. The Morgan fingerprint density at radius 3 is 3.06 bits per heavy atom. The van der Waals surface area contributed by atoms with Crippen molar-refractivity contribution in [2.75, 3.05) is 17.6 Å². The second-order valence-electron chi connectivity index (χ2n) is 3.48. The maximum absolute atomic E-state index is 10.8. The quantitative estimate of drug-likeness (QED) is 0.603. The van der Waals surface area contributed by atoms with E-state index in [0.717, 1.165) is 12.0 Å². The summed E-state index contributed by atoms with van der Waals surface area (Å²) in [6.07, 6.45) is 3.24. The van der Waals surface area contributed by atoms with Crippen LogP contribution < -0.4 is 11.1 Å². The SMILES string of the molecule is Nc1ncc([N+](=O)[O-])c(NCCc2ccco2)n1. The zero-order valence-electron chi connectivity index (χ0n) is 9.37. The van der Waals surface area contributed by atoms with E-state index in [1.54, 1.807) is 12.3 Å². The van der Waals surface area contributed by atoms with Crippen molar-refractivity contribution in [2.45, 2.75) is 6.42 Å². The summed E-state index contributed by atoms with van der Waals surface area (Å²) in [5, 5.41) is 13.6. The van der Waals surface area contributed by atoms with E-state index in [-0.39, 0.29) is 17.5 Å². The number of rotatable bonds is 5. The first-order chi connectivity index (χ1) is 8.66. The molecule has 2 rings (SSSR count). The van der Waals surface area contributed by atoms with E-state index < -0.39 is 4.92 Å². The smallest absolute Gasteiger partial charge is 0.329 e. The van der Waals surface area contributed by atoms with Crippen molar-refractivity contribution >= 4 is 17.5 Å². The molecular weight excluding hydrogens is 238 g/mol. The van der Waals surface area contributed by atoms with Crippen LogP contribution in [0.3, 0.4) is 0 Å². The Morgan fingerprint density at radius 2 is 2.39 bits per heavy atom. The van der Waals surface area contributed by atoms with Crippen molar-refractivity contribution in [1.29, 1.82) is 0 Å². The molecule has 0 bridgehead atoms. The van der Waals surface area contributed by atoms with Crippen LogP contribution in [0.2, 0.25) is 0 Å². The molecule has 0 aromatic carbocycles. The number of nitrogens with two attached hydrogens (primary N) is 1. The second kappa shape index (κ2) is 5.13. The van der Waals surface area contributed by atoms with E-state index in [4.69, 9.17) is 10.2 Å². The second-order valence-corrected chi connectivity index (χ2v) is 3.48. The molecule has 0 saturated carbocycles. The number of aromatic nitrogens is 2. The fourth-order valence-corrected chi connectivity index (χ4v) is 1.41. The highest BCUT2D eigenvalue weighted by molar-refractivity contribution is 5.56. The molecule has 0 aliphatic rings. The lowest BCUT2D eigenvalue weighted by molar-refractivity contribution is -0.384. The van der Waals surface area contributed by atoms with Gasteiger partial charge in [-0.2, -0.15) is 4.98 Å². The lowest BCUT2D eigenvalue weighted by atomic mass is 10.3. The predicted molar refractivity (Wildman–Crippen MR) is 64.0 cm³/mol. The highest BCUT2D eigenvalue weighted by Crippen LogP contribution is 2.20. The van der Waals surface area contributed by atoms with Gasteiger partial charge >= 0.3 is 5.69 Å². The highest BCUT2D eigenvalue weighted by atomic mass is 16.6. The normalized spacial score (nSPS) is 10.2. The predicted octanol–water partition coefficient (Wildman–Crippen LogP) is 1.21. The maximum atomic E-state index is 10.8. The average molecular weight is 249 g/mol. The van der Waals surface area contributed by atoms with Crippen LogP contribution in [-0.2, 0) is 6.42 Å². The van der Waals surface area contributed by atoms with Gasteiger partial charge in [0.15, 0.2) is 0 Å². The first kappa shape index (κ1) is 11.8. The molecule has 0 unspecified atom stereocenters. The van der Waals surface area contributed by atoms with Gasteiger partial charge in [0.2, 0.25) is 11.8 Å². The number of hydrogen-bond donors (Lipinski definition) is 2. The third-order valence-electron chi connectivity index (χ3n) is 2.23. The number of nitrogen functional groups attached to an aromatic ring is 1.